The molecule has 0 saturated carbocycles. The van der Waals surface area contributed by atoms with Gasteiger partial charge in [-0.2, -0.15) is 10.5 Å². The third-order valence-corrected chi connectivity index (χ3v) is 4.04. The van der Waals surface area contributed by atoms with Crippen molar-refractivity contribution in [3.8, 4) is 12.1 Å². The zero-order valence-corrected chi connectivity index (χ0v) is 14.9. The normalized spacial score (nSPS) is 10.8. The molecule has 0 spiro atoms. The summed E-state index contributed by atoms with van der Waals surface area (Å²) in [5.74, 6) is 0. The SMILES string of the molecule is N#Cc1ccc(C=Nc2ccc(Cl)c(N=Cc3ccc(C#N)cc3)c2)cc1. The molecule has 27 heavy (non-hydrogen) atoms. The molecule has 0 saturated heterocycles. The minimum absolute atomic E-state index is 0.525. The van der Waals surface area contributed by atoms with Crippen LogP contribution in [-0.4, -0.2) is 12.4 Å². The second-order valence-corrected chi connectivity index (χ2v) is 6.03. The van der Waals surface area contributed by atoms with E-state index in [-0.39, 0.29) is 0 Å². The van der Waals surface area contributed by atoms with Crippen molar-refractivity contribution in [2.75, 3.05) is 0 Å². The van der Waals surface area contributed by atoms with Crippen molar-refractivity contribution in [3.63, 3.8) is 0 Å². The van der Waals surface area contributed by atoms with E-state index in [1.807, 2.05) is 30.3 Å². The van der Waals surface area contributed by atoms with Crippen molar-refractivity contribution in [2.45, 2.75) is 0 Å². The van der Waals surface area contributed by atoms with Crippen LogP contribution >= 0.6 is 11.6 Å². The molecule has 0 unspecified atom stereocenters. The molecular formula is C22H13ClN4. The van der Waals surface area contributed by atoms with Crippen LogP contribution in [0.3, 0.4) is 0 Å². The topological polar surface area (TPSA) is 72.3 Å². The highest BCUT2D eigenvalue weighted by Gasteiger charge is 2.00. The maximum atomic E-state index is 8.83. The van der Waals surface area contributed by atoms with Gasteiger partial charge in [0.25, 0.3) is 0 Å². The molecule has 0 aromatic heterocycles. The molecule has 3 rings (SSSR count). The Morgan fingerprint density at radius 3 is 1.74 bits per heavy atom. The molecule has 5 heteroatoms. The van der Waals surface area contributed by atoms with Crippen molar-refractivity contribution < 1.29 is 0 Å². The van der Waals surface area contributed by atoms with Crippen LogP contribution in [0.15, 0.2) is 76.7 Å². The first-order valence-corrected chi connectivity index (χ1v) is 8.44. The number of halogens is 1. The summed E-state index contributed by atoms with van der Waals surface area (Å²) in [5.41, 5.74) is 4.30. The highest BCUT2D eigenvalue weighted by atomic mass is 35.5. The third-order valence-electron chi connectivity index (χ3n) is 3.72. The molecule has 0 atom stereocenters. The predicted octanol–water partition coefficient (Wildman–Crippen LogP) is 5.58. The Kier molecular flexibility index (Phi) is 5.74. The van der Waals surface area contributed by atoms with E-state index < -0.39 is 0 Å². The summed E-state index contributed by atoms with van der Waals surface area (Å²) in [6, 6.07) is 23.8. The van der Waals surface area contributed by atoms with E-state index in [0.29, 0.717) is 21.8 Å². The maximum absolute atomic E-state index is 8.83. The maximum Gasteiger partial charge on any atom is 0.0991 e. The van der Waals surface area contributed by atoms with E-state index in [4.69, 9.17) is 22.1 Å². The van der Waals surface area contributed by atoms with Gasteiger partial charge in [-0.15, -0.1) is 0 Å². The first kappa shape index (κ1) is 18.1. The van der Waals surface area contributed by atoms with Crippen LogP contribution in [0.4, 0.5) is 11.4 Å². The van der Waals surface area contributed by atoms with Crippen LogP contribution < -0.4 is 0 Å². The lowest BCUT2D eigenvalue weighted by molar-refractivity contribution is 1.46. The molecule has 0 aliphatic carbocycles. The molecule has 4 nitrogen and oxygen atoms in total. The average Bonchev–Trinajstić information content (AvgIpc) is 2.73. The lowest BCUT2D eigenvalue weighted by Gasteiger charge is -2.01. The summed E-state index contributed by atoms with van der Waals surface area (Å²) in [5, 5.41) is 18.2. The van der Waals surface area contributed by atoms with Gasteiger partial charge in [-0.05, 0) is 53.6 Å². The minimum Gasteiger partial charge on any atom is -0.256 e. The van der Waals surface area contributed by atoms with Gasteiger partial charge in [0.1, 0.15) is 0 Å². The number of nitriles is 2. The average molecular weight is 369 g/mol. The molecule has 0 amide bonds. The van der Waals surface area contributed by atoms with E-state index in [9.17, 15) is 0 Å². The largest absolute Gasteiger partial charge is 0.256 e. The van der Waals surface area contributed by atoms with Gasteiger partial charge in [0.05, 0.1) is 39.7 Å². The van der Waals surface area contributed by atoms with E-state index in [1.165, 1.54) is 0 Å². The molecule has 3 aromatic rings. The van der Waals surface area contributed by atoms with Crippen molar-refractivity contribution in [2.24, 2.45) is 9.98 Å². The zero-order valence-electron chi connectivity index (χ0n) is 14.2. The van der Waals surface area contributed by atoms with Gasteiger partial charge in [-0.1, -0.05) is 35.9 Å². The summed E-state index contributed by atoms with van der Waals surface area (Å²) in [7, 11) is 0. The van der Waals surface area contributed by atoms with Crippen LogP contribution in [0.25, 0.3) is 0 Å². The fraction of sp³-hybridized carbons (Fsp3) is 0. The van der Waals surface area contributed by atoms with Gasteiger partial charge in [0.2, 0.25) is 0 Å². The van der Waals surface area contributed by atoms with Crippen molar-refractivity contribution >= 4 is 35.4 Å². The fourth-order valence-corrected chi connectivity index (χ4v) is 2.43. The van der Waals surface area contributed by atoms with Crippen LogP contribution in [-0.2, 0) is 0 Å². The van der Waals surface area contributed by atoms with E-state index in [1.54, 1.807) is 48.8 Å². The van der Waals surface area contributed by atoms with Crippen LogP contribution in [0, 0.1) is 22.7 Å². The minimum atomic E-state index is 0.525. The van der Waals surface area contributed by atoms with Crippen molar-refractivity contribution in [3.05, 3.63) is 94.0 Å². The third kappa shape index (κ3) is 4.89. The Hall–Kier alpha value is -3.73. The predicted molar refractivity (Wildman–Crippen MR) is 108 cm³/mol. The highest BCUT2D eigenvalue weighted by molar-refractivity contribution is 6.33. The molecule has 0 heterocycles. The van der Waals surface area contributed by atoms with Crippen molar-refractivity contribution in [1.29, 1.82) is 10.5 Å². The van der Waals surface area contributed by atoms with E-state index in [2.05, 4.69) is 22.1 Å². The first-order chi connectivity index (χ1) is 13.2. The molecule has 0 N–H and O–H groups in total. The second-order valence-electron chi connectivity index (χ2n) is 5.62. The number of hydrogen-bond acceptors (Lipinski definition) is 4. The number of benzene rings is 3. The van der Waals surface area contributed by atoms with Crippen LogP contribution in [0.1, 0.15) is 22.3 Å². The standard InChI is InChI=1S/C22H13ClN4/c23-21-10-9-20(26-14-18-5-1-16(12-24)2-6-18)11-22(21)27-15-19-7-3-17(13-25)4-8-19/h1-11,14-15H. The number of rotatable bonds is 4. The first-order valence-electron chi connectivity index (χ1n) is 8.06. The summed E-state index contributed by atoms with van der Waals surface area (Å²) in [4.78, 5) is 8.85. The van der Waals surface area contributed by atoms with Gasteiger partial charge < -0.3 is 0 Å². The summed E-state index contributed by atoms with van der Waals surface area (Å²) in [6.07, 6.45) is 3.41. The highest BCUT2D eigenvalue weighted by Crippen LogP contribution is 2.29. The number of nitrogens with zero attached hydrogens (tertiary/aromatic N) is 4. The molecule has 0 radical (unpaired) electrons. The molecule has 0 aliphatic heterocycles. The van der Waals surface area contributed by atoms with Gasteiger partial charge in [0, 0.05) is 12.4 Å². The van der Waals surface area contributed by atoms with E-state index >= 15 is 0 Å². The molecule has 128 valence electrons. The van der Waals surface area contributed by atoms with Gasteiger partial charge in [-0.3, -0.25) is 9.98 Å². The molecular weight excluding hydrogens is 356 g/mol. The van der Waals surface area contributed by atoms with E-state index in [0.717, 1.165) is 16.8 Å². The lowest BCUT2D eigenvalue weighted by Crippen LogP contribution is -1.82. The summed E-state index contributed by atoms with van der Waals surface area (Å²) in [6.45, 7) is 0. The summed E-state index contributed by atoms with van der Waals surface area (Å²) >= 11 is 6.22. The number of aliphatic imine (C=N–C) groups is 2. The Morgan fingerprint density at radius 1 is 0.704 bits per heavy atom. The fourth-order valence-electron chi connectivity index (χ4n) is 2.26. The Bertz CT molecular complexity index is 1080. The zero-order chi connectivity index (χ0) is 19.1. The Labute approximate surface area is 162 Å². The molecule has 0 fully saturated rings. The quantitative estimate of drug-likeness (QED) is 0.563. The molecule has 0 bridgehead atoms. The monoisotopic (exact) mass is 368 g/mol. The second kappa shape index (κ2) is 8.58. The Morgan fingerprint density at radius 2 is 1.22 bits per heavy atom. The lowest BCUT2D eigenvalue weighted by atomic mass is 10.1. The molecule has 3 aromatic carbocycles. The van der Waals surface area contributed by atoms with Crippen molar-refractivity contribution in [1.82, 2.24) is 0 Å². The summed E-state index contributed by atoms with van der Waals surface area (Å²) < 4.78 is 0. The van der Waals surface area contributed by atoms with Gasteiger partial charge in [0.15, 0.2) is 0 Å². The van der Waals surface area contributed by atoms with Gasteiger partial charge in [-0.25, -0.2) is 0 Å². The van der Waals surface area contributed by atoms with Gasteiger partial charge >= 0.3 is 0 Å². The molecule has 0 aliphatic rings. The van der Waals surface area contributed by atoms with Crippen LogP contribution in [0.5, 0.6) is 0 Å². The number of hydrogen-bond donors (Lipinski definition) is 0. The smallest absolute Gasteiger partial charge is 0.0991 e. The van der Waals surface area contributed by atoms with Crippen LogP contribution in [0.2, 0.25) is 5.02 Å². The Balaban J connectivity index is 1.78.